The Labute approximate surface area is 114 Å². The second kappa shape index (κ2) is 5.79. The highest BCUT2D eigenvalue weighted by molar-refractivity contribution is 7.10. The minimum Gasteiger partial charge on any atom is -0.478 e. The number of carbonyl (C=O) groups is 3. The number of likely N-dealkylation sites (tertiary alicyclic amines) is 1. The summed E-state index contributed by atoms with van der Waals surface area (Å²) in [6, 6.07) is 1.78. The third-order valence-corrected chi connectivity index (χ3v) is 3.79. The summed E-state index contributed by atoms with van der Waals surface area (Å²) in [7, 11) is 0. The maximum Gasteiger partial charge on any atom is 0.328 e. The van der Waals surface area contributed by atoms with E-state index in [-0.39, 0.29) is 18.4 Å². The van der Waals surface area contributed by atoms with Crippen molar-refractivity contribution in [3.8, 4) is 0 Å². The highest BCUT2D eigenvalue weighted by Crippen LogP contribution is 2.23. The number of carbonyl (C=O) groups excluding carboxylic acids is 2. The summed E-state index contributed by atoms with van der Waals surface area (Å²) >= 11 is 1.41. The van der Waals surface area contributed by atoms with E-state index in [9.17, 15) is 14.4 Å². The first-order chi connectivity index (χ1) is 9.08. The summed E-state index contributed by atoms with van der Waals surface area (Å²) in [6.07, 6.45) is 3.94. The lowest BCUT2D eigenvalue weighted by atomic mass is 10.1. The SMILES string of the molecule is O=C(O)C=Cc1ccsc1CN1C(=O)CCCC1=O. The van der Waals surface area contributed by atoms with Gasteiger partial charge in [-0.2, -0.15) is 0 Å². The molecule has 0 unspecified atom stereocenters. The van der Waals surface area contributed by atoms with Crippen molar-refractivity contribution in [2.75, 3.05) is 0 Å². The van der Waals surface area contributed by atoms with Crippen LogP contribution >= 0.6 is 11.3 Å². The van der Waals surface area contributed by atoms with E-state index in [1.807, 2.05) is 5.38 Å². The van der Waals surface area contributed by atoms with E-state index in [1.165, 1.54) is 22.3 Å². The van der Waals surface area contributed by atoms with Gasteiger partial charge in [0.1, 0.15) is 0 Å². The van der Waals surface area contributed by atoms with Gasteiger partial charge in [-0.1, -0.05) is 0 Å². The quantitative estimate of drug-likeness (QED) is 0.674. The van der Waals surface area contributed by atoms with Gasteiger partial charge in [-0.15, -0.1) is 11.3 Å². The first-order valence-electron chi connectivity index (χ1n) is 5.88. The van der Waals surface area contributed by atoms with Crippen molar-refractivity contribution in [2.24, 2.45) is 0 Å². The molecule has 1 aliphatic rings. The number of imide groups is 1. The van der Waals surface area contributed by atoms with Crippen molar-refractivity contribution >= 4 is 35.2 Å². The molecular weight excluding hydrogens is 266 g/mol. The monoisotopic (exact) mass is 279 g/mol. The molecule has 1 saturated heterocycles. The van der Waals surface area contributed by atoms with Crippen LogP contribution in [0.5, 0.6) is 0 Å². The number of carboxylic acids is 1. The molecule has 2 heterocycles. The van der Waals surface area contributed by atoms with E-state index in [1.54, 1.807) is 6.07 Å². The highest BCUT2D eigenvalue weighted by atomic mass is 32.1. The van der Waals surface area contributed by atoms with Crippen LogP contribution in [-0.2, 0) is 20.9 Å². The molecule has 1 aliphatic heterocycles. The van der Waals surface area contributed by atoms with Crippen molar-refractivity contribution in [1.82, 2.24) is 4.90 Å². The Kier molecular flexibility index (Phi) is 4.11. The maximum atomic E-state index is 11.7. The summed E-state index contributed by atoms with van der Waals surface area (Å²) in [4.78, 5) is 36.0. The minimum absolute atomic E-state index is 0.155. The van der Waals surface area contributed by atoms with Crippen LogP contribution in [0.25, 0.3) is 6.08 Å². The first kappa shape index (κ1) is 13.5. The molecule has 1 fully saturated rings. The fourth-order valence-electron chi connectivity index (χ4n) is 1.91. The average molecular weight is 279 g/mol. The number of nitrogens with zero attached hydrogens (tertiary/aromatic N) is 1. The molecule has 100 valence electrons. The van der Waals surface area contributed by atoms with Crippen molar-refractivity contribution in [2.45, 2.75) is 25.8 Å². The Morgan fingerprint density at radius 3 is 2.68 bits per heavy atom. The van der Waals surface area contributed by atoms with Crippen molar-refractivity contribution in [1.29, 1.82) is 0 Å². The van der Waals surface area contributed by atoms with Gasteiger partial charge in [0.15, 0.2) is 0 Å². The van der Waals surface area contributed by atoms with Crippen molar-refractivity contribution in [3.63, 3.8) is 0 Å². The van der Waals surface area contributed by atoms with E-state index >= 15 is 0 Å². The number of carboxylic acid groups (broad SMARTS) is 1. The van der Waals surface area contributed by atoms with E-state index < -0.39 is 5.97 Å². The molecule has 1 aromatic heterocycles. The molecule has 0 bridgehead atoms. The predicted molar refractivity (Wildman–Crippen MR) is 70.4 cm³/mol. The normalized spacial score (nSPS) is 16.3. The molecule has 0 aromatic carbocycles. The smallest absolute Gasteiger partial charge is 0.328 e. The van der Waals surface area contributed by atoms with Gasteiger partial charge in [-0.25, -0.2) is 4.79 Å². The second-order valence-electron chi connectivity index (χ2n) is 4.20. The average Bonchev–Trinajstić information content (AvgIpc) is 2.79. The molecule has 19 heavy (non-hydrogen) atoms. The summed E-state index contributed by atoms with van der Waals surface area (Å²) < 4.78 is 0. The number of amides is 2. The molecule has 0 aliphatic carbocycles. The molecular formula is C13H13NO4S. The van der Waals surface area contributed by atoms with Crippen LogP contribution < -0.4 is 0 Å². The van der Waals surface area contributed by atoms with E-state index in [4.69, 9.17) is 5.11 Å². The number of hydrogen-bond donors (Lipinski definition) is 1. The lowest BCUT2D eigenvalue weighted by molar-refractivity contribution is -0.148. The molecule has 1 aromatic rings. The van der Waals surface area contributed by atoms with Gasteiger partial charge in [0.25, 0.3) is 0 Å². The minimum atomic E-state index is -1.03. The van der Waals surface area contributed by atoms with E-state index in [0.717, 1.165) is 16.5 Å². The van der Waals surface area contributed by atoms with Crippen LogP contribution in [0.15, 0.2) is 17.5 Å². The maximum absolute atomic E-state index is 11.7. The van der Waals surface area contributed by atoms with Gasteiger partial charge in [-0.05, 0) is 29.5 Å². The highest BCUT2D eigenvalue weighted by Gasteiger charge is 2.26. The van der Waals surface area contributed by atoms with Crippen molar-refractivity contribution in [3.05, 3.63) is 28.0 Å². The van der Waals surface area contributed by atoms with Gasteiger partial charge < -0.3 is 5.11 Å². The standard InChI is InChI=1S/C13H13NO4S/c15-11-2-1-3-12(16)14(11)8-10-9(6-7-19-10)4-5-13(17)18/h4-7H,1-3,8H2,(H,17,18). The molecule has 0 radical (unpaired) electrons. The largest absolute Gasteiger partial charge is 0.478 e. The molecule has 0 atom stereocenters. The Bertz CT molecular complexity index is 531. The van der Waals surface area contributed by atoms with Crippen LogP contribution in [0, 0.1) is 0 Å². The van der Waals surface area contributed by atoms with E-state index in [2.05, 4.69) is 0 Å². The third-order valence-electron chi connectivity index (χ3n) is 2.87. The Morgan fingerprint density at radius 1 is 1.37 bits per heavy atom. The number of rotatable bonds is 4. The van der Waals surface area contributed by atoms with Gasteiger partial charge in [-0.3, -0.25) is 14.5 Å². The molecule has 0 spiro atoms. The third kappa shape index (κ3) is 3.29. The Balaban J connectivity index is 2.15. The van der Waals surface area contributed by atoms with Crippen LogP contribution in [0.2, 0.25) is 0 Å². The zero-order valence-corrected chi connectivity index (χ0v) is 11.0. The Hall–Kier alpha value is -1.95. The van der Waals surface area contributed by atoms with Crippen LogP contribution in [0.1, 0.15) is 29.7 Å². The molecule has 1 N–H and O–H groups in total. The first-order valence-corrected chi connectivity index (χ1v) is 6.76. The summed E-state index contributed by atoms with van der Waals surface area (Å²) in [6.45, 7) is 0.231. The van der Waals surface area contributed by atoms with Gasteiger partial charge in [0.05, 0.1) is 6.54 Å². The summed E-state index contributed by atoms with van der Waals surface area (Å²) in [5.41, 5.74) is 0.735. The molecule has 2 amide bonds. The van der Waals surface area contributed by atoms with Gasteiger partial charge in [0.2, 0.25) is 11.8 Å². The lowest BCUT2D eigenvalue weighted by Crippen LogP contribution is -2.39. The van der Waals surface area contributed by atoms with Gasteiger partial charge >= 0.3 is 5.97 Å². The molecule has 2 rings (SSSR count). The van der Waals surface area contributed by atoms with E-state index in [0.29, 0.717) is 19.3 Å². The van der Waals surface area contributed by atoms with Gasteiger partial charge in [0, 0.05) is 23.8 Å². The van der Waals surface area contributed by atoms with Crippen molar-refractivity contribution < 1.29 is 19.5 Å². The Morgan fingerprint density at radius 2 is 2.05 bits per heavy atom. The summed E-state index contributed by atoms with van der Waals surface area (Å²) in [5, 5.41) is 10.4. The molecule has 0 saturated carbocycles. The summed E-state index contributed by atoms with van der Waals surface area (Å²) in [5.74, 6) is -1.34. The lowest BCUT2D eigenvalue weighted by Gasteiger charge is -2.24. The fraction of sp³-hybridized carbons (Fsp3) is 0.308. The molecule has 5 nitrogen and oxygen atoms in total. The number of piperidine rings is 1. The number of hydrogen-bond acceptors (Lipinski definition) is 4. The topological polar surface area (TPSA) is 74.7 Å². The van der Waals surface area contributed by atoms with Crippen LogP contribution in [0.3, 0.4) is 0 Å². The predicted octanol–water partition coefficient (Wildman–Crippen LogP) is 1.89. The fourth-order valence-corrected chi connectivity index (χ4v) is 2.76. The number of aliphatic carboxylic acids is 1. The van der Waals surface area contributed by atoms with Crippen LogP contribution in [0.4, 0.5) is 0 Å². The molecule has 6 heteroatoms. The van der Waals surface area contributed by atoms with Crippen LogP contribution in [-0.4, -0.2) is 27.8 Å². The zero-order valence-electron chi connectivity index (χ0n) is 10.2. The zero-order chi connectivity index (χ0) is 13.8. The second-order valence-corrected chi connectivity index (χ2v) is 5.20. The number of thiophene rings is 1.